The van der Waals surface area contributed by atoms with Crippen molar-refractivity contribution in [1.29, 1.82) is 0 Å². The van der Waals surface area contributed by atoms with Crippen LogP contribution >= 0.6 is 0 Å². The fraction of sp³-hybridized carbons (Fsp3) is 0.417. The molecule has 164 valence electrons. The minimum atomic E-state index is -0.0720. The summed E-state index contributed by atoms with van der Waals surface area (Å²) in [6.45, 7) is 5.06. The highest BCUT2D eigenvalue weighted by Crippen LogP contribution is 2.31. The first-order valence-corrected chi connectivity index (χ1v) is 11.0. The summed E-state index contributed by atoms with van der Waals surface area (Å²) < 4.78 is 5.51. The van der Waals surface area contributed by atoms with Crippen LogP contribution < -0.4 is 25.2 Å². The van der Waals surface area contributed by atoms with E-state index in [1.807, 2.05) is 37.3 Å². The number of hydrogen-bond acceptors (Lipinski definition) is 5. The van der Waals surface area contributed by atoms with Gasteiger partial charge < -0.3 is 25.2 Å². The molecule has 0 atom stereocenters. The zero-order valence-electron chi connectivity index (χ0n) is 18.2. The highest BCUT2D eigenvalue weighted by atomic mass is 16.5. The summed E-state index contributed by atoms with van der Waals surface area (Å²) >= 11 is 0. The van der Waals surface area contributed by atoms with E-state index in [0.29, 0.717) is 17.7 Å². The standard InChI is InChI=1S/C24H30N4O3/c1-3-23(29)25-18-10-11-20(19(16-18)24(30)26-17-8-9-17)27-12-14-28(15-13-27)21-6-4-5-7-22(21)31-2/h4-7,10-11,16-17H,3,8-9,12-15H2,1-2H3,(H,25,29)(H,26,30). The number of amides is 2. The third-order valence-corrected chi connectivity index (χ3v) is 5.80. The fourth-order valence-corrected chi connectivity index (χ4v) is 3.89. The Balaban J connectivity index is 1.52. The van der Waals surface area contributed by atoms with Gasteiger partial charge in [0.1, 0.15) is 5.75 Å². The molecule has 1 saturated heterocycles. The summed E-state index contributed by atoms with van der Waals surface area (Å²) in [6, 6.07) is 14.0. The summed E-state index contributed by atoms with van der Waals surface area (Å²) in [5.41, 5.74) is 3.28. The Labute approximate surface area is 183 Å². The Kier molecular flexibility index (Phi) is 6.30. The van der Waals surface area contributed by atoms with Crippen molar-refractivity contribution in [1.82, 2.24) is 5.32 Å². The molecule has 31 heavy (non-hydrogen) atoms. The molecule has 7 nitrogen and oxygen atoms in total. The molecule has 0 bridgehead atoms. The Morgan fingerprint density at radius 1 is 1.00 bits per heavy atom. The number of benzene rings is 2. The number of anilines is 3. The van der Waals surface area contributed by atoms with Crippen LogP contribution in [0.15, 0.2) is 42.5 Å². The van der Waals surface area contributed by atoms with Gasteiger partial charge in [-0.25, -0.2) is 0 Å². The van der Waals surface area contributed by atoms with Crippen molar-refractivity contribution >= 4 is 28.9 Å². The number of hydrogen-bond donors (Lipinski definition) is 2. The van der Waals surface area contributed by atoms with E-state index in [4.69, 9.17) is 4.74 Å². The van der Waals surface area contributed by atoms with Crippen LogP contribution in [0.1, 0.15) is 36.5 Å². The van der Waals surface area contributed by atoms with Crippen LogP contribution in [0.4, 0.5) is 17.1 Å². The van der Waals surface area contributed by atoms with Crippen LogP contribution in [-0.4, -0.2) is 51.1 Å². The number of nitrogens with one attached hydrogen (secondary N) is 2. The Morgan fingerprint density at radius 2 is 1.68 bits per heavy atom. The monoisotopic (exact) mass is 422 g/mol. The SMILES string of the molecule is CCC(=O)Nc1ccc(N2CCN(c3ccccc3OC)CC2)c(C(=O)NC2CC2)c1. The molecule has 2 fully saturated rings. The maximum Gasteiger partial charge on any atom is 0.253 e. The number of para-hydroxylation sites is 2. The molecular formula is C24H30N4O3. The van der Waals surface area contributed by atoms with E-state index in [2.05, 4.69) is 26.5 Å². The number of carbonyl (C=O) groups excluding carboxylic acids is 2. The topological polar surface area (TPSA) is 73.9 Å². The van der Waals surface area contributed by atoms with Crippen LogP contribution in [0, 0.1) is 0 Å². The lowest BCUT2D eigenvalue weighted by Crippen LogP contribution is -2.47. The van der Waals surface area contributed by atoms with Gasteiger partial charge in [0.05, 0.1) is 18.4 Å². The molecule has 0 spiro atoms. The highest BCUT2D eigenvalue weighted by molar-refractivity contribution is 6.02. The molecule has 1 aliphatic heterocycles. The van der Waals surface area contributed by atoms with E-state index in [-0.39, 0.29) is 17.9 Å². The molecule has 7 heteroatoms. The van der Waals surface area contributed by atoms with Gasteiger partial charge in [-0.1, -0.05) is 19.1 Å². The minimum Gasteiger partial charge on any atom is -0.495 e. The molecule has 1 heterocycles. The first-order chi connectivity index (χ1) is 15.1. The first kappa shape index (κ1) is 21.0. The summed E-state index contributed by atoms with van der Waals surface area (Å²) in [7, 11) is 1.69. The number of methoxy groups -OCH3 is 1. The lowest BCUT2D eigenvalue weighted by Gasteiger charge is -2.38. The Morgan fingerprint density at radius 3 is 2.32 bits per heavy atom. The molecule has 4 rings (SSSR count). The number of ether oxygens (including phenoxy) is 1. The lowest BCUT2D eigenvalue weighted by atomic mass is 10.1. The molecule has 1 saturated carbocycles. The molecule has 2 aromatic carbocycles. The Hall–Kier alpha value is -3.22. The molecule has 1 aliphatic carbocycles. The van der Waals surface area contributed by atoms with E-state index in [9.17, 15) is 9.59 Å². The Bertz CT molecular complexity index is 950. The predicted molar refractivity (Wildman–Crippen MR) is 123 cm³/mol. The zero-order valence-corrected chi connectivity index (χ0v) is 18.2. The van der Waals surface area contributed by atoms with Gasteiger partial charge in [-0.3, -0.25) is 9.59 Å². The van der Waals surface area contributed by atoms with E-state index >= 15 is 0 Å². The van der Waals surface area contributed by atoms with Gasteiger partial charge in [0, 0.05) is 50.0 Å². The number of nitrogens with zero attached hydrogens (tertiary/aromatic N) is 2. The normalized spacial score (nSPS) is 16.1. The smallest absolute Gasteiger partial charge is 0.253 e. The largest absolute Gasteiger partial charge is 0.495 e. The molecule has 2 amide bonds. The predicted octanol–water partition coefficient (Wildman–Crippen LogP) is 3.26. The van der Waals surface area contributed by atoms with Gasteiger partial charge in [-0.05, 0) is 43.2 Å². The van der Waals surface area contributed by atoms with Crippen LogP contribution in [0.25, 0.3) is 0 Å². The second-order valence-corrected chi connectivity index (χ2v) is 8.03. The van der Waals surface area contributed by atoms with Gasteiger partial charge in [0.15, 0.2) is 0 Å². The molecule has 2 aliphatic rings. The van der Waals surface area contributed by atoms with Gasteiger partial charge in [0.2, 0.25) is 5.91 Å². The molecule has 0 radical (unpaired) electrons. The average molecular weight is 423 g/mol. The van der Waals surface area contributed by atoms with Crippen molar-refractivity contribution in [2.24, 2.45) is 0 Å². The number of carbonyl (C=O) groups is 2. The quantitative estimate of drug-likeness (QED) is 0.717. The van der Waals surface area contributed by atoms with Gasteiger partial charge in [0.25, 0.3) is 5.91 Å². The fourth-order valence-electron chi connectivity index (χ4n) is 3.89. The molecular weight excluding hydrogens is 392 g/mol. The number of rotatable bonds is 7. The van der Waals surface area contributed by atoms with Crippen molar-refractivity contribution in [3.05, 3.63) is 48.0 Å². The van der Waals surface area contributed by atoms with Gasteiger partial charge >= 0.3 is 0 Å². The van der Waals surface area contributed by atoms with Crippen LogP contribution in [0.5, 0.6) is 5.75 Å². The maximum absolute atomic E-state index is 13.0. The molecule has 2 N–H and O–H groups in total. The summed E-state index contributed by atoms with van der Waals surface area (Å²) in [5.74, 6) is 0.737. The minimum absolute atomic E-state index is 0.0632. The van der Waals surface area contributed by atoms with E-state index in [1.165, 1.54) is 0 Å². The van der Waals surface area contributed by atoms with Crippen LogP contribution in [-0.2, 0) is 4.79 Å². The van der Waals surface area contributed by atoms with E-state index in [0.717, 1.165) is 56.1 Å². The molecule has 0 aromatic heterocycles. The highest BCUT2D eigenvalue weighted by Gasteiger charge is 2.27. The van der Waals surface area contributed by atoms with E-state index in [1.54, 1.807) is 13.2 Å². The summed E-state index contributed by atoms with van der Waals surface area (Å²) in [6.07, 6.45) is 2.46. The second-order valence-electron chi connectivity index (χ2n) is 8.03. The van der Waals surface area contributed by atoms with Crippen molar-refractivity contribution in [2.45, 2.75) is 32.2 Å². The number of piperazine rings is 1. The summed E-state index contributed by atoms with van der Waals surface area (Å²) in [5, 5.41) is 5.96. The third-order valence-electron chi connectivity index (χ3n) is 5.80. The molecule has 0 unspecified atom stereocenters. The molecule has 2 aromatic rings. The third kappa shape index (κ3) is 4.93. The average Bonchev–Trinajstić information content (AvgIpc) is 3.63. The lowest BCUT2D eigenvalue weighted by molar-refractivity contribution is -0.115. The van der Waals surface area contributed by atoms with Crippen LogP contribution in [0.2, 0.25) is 0 Å². The van der Waals surface area contributed by atoms with Crippen molar-refractivity contribution in [3.63, 3.8) is 0 Å². The second kappa shape index (κ2) is 9.29. The van der Waals surface area contributed by atoms with Crippen molar-refractivity contribution in [3.8, 4) is 5.75 Å². The van der Waals surface area contributed by atoms with Gasteiger partial charge in [-0.2, -0.15) is 0 Å². The van der Waals surface area contributed by atoms with Crippen molar-refractivity contribution < 1.29 is 14.3 Å². The zero-order chi connectivity index (χ0) is 21.8. The first-order valence-electron chi connectivity index (χ1n) is 11.0. The maximum atomic E-state index is 13.0. The summed E-state index contributed by atoms with van der Waals surface area (Å²) in [4.78, 5) is 29.3. The van der Waals surface area contributed by atoms with Gasteiger partial charge in [-0.15, -0.1) is 0 Å². The van der Waals surface area contributed by atoms with Crippen molar-refractivity contribution in [2.75, 3.05) is 48.4 Å². The van der Waals surface area contributed by atoms with Crippen LogP contribution in [0.3, 0.4) is 0 Å². The van der Waals surface area contributed by atoms with E-state index < -0.39 is 0 Å².